The van der Waals surface area contributed by atoms with E-state index in [1.54, 1.807) is 56.8 Å². The van der Waals surface area contributed by atoms with Crippen molar-refractivity contribution >= 4 is 127 Å². The number of imide groups is 4. The maximum absolute atomic E-state index is 13.2. The fourth-order valence-corrected chi connectivity index (χ4v) is 14.8. The zero-order chi connectivity index (χ0) is 86.2. The minimum absolute atomic E-state index is 0.0200. The summed E-state index contributed by atoms with van der Waals surface area (Å²) in [6.07, 6.45) is 27.2. The number of nitrogens with one attached hydrogen (secondary N) is 8. The fraction of sp³-hybridized carbons (Fsp3) is 0.385. The van der Waals surface area contributed by atoms with Gasteiger partial charge in [0.25, 0.3) is 47.3 Å². The van der Waals surface area contributed by atoms with Gasteiger partial charge >= 0.3 is 5.97 Å². The molecule has 636 valence electrons. The first-order valence-corrected chi connectivity index (χ1v) is 41.6. The first kappa shape index (κ1) is 90.2. The number of hydrogen-bond donors (Lipinski definition) is 10. The summed E-state index contributed by atoms with van der Waals surface area (Å²) in [5, 5.41) is 32.5. The van der Waals surface area contributed by atoms with E-state index in [9.17, 15) is 67.1 Å². The van der Waals surface area contributed by atoms with Crippen molar-refractivity contribution in [1.82, 2.24) is 51.7 Å². The summed E-state index contributed by atoms with van der Waals surface area (Å²) in [4.78, 5) is 183. The smallest absolute Gasteiger partial charge is 0.341 e. The Morgan fingerprint density at radius 3 is 1.21 bits per heavy atom. The van der Waals surface area contributed by atoms with E-state index in [2.05, 4.69) is 52.5 Å². The molecule has 12 rings (SSSR count). The minimum atomic E-state index is -1.23. The number of unbranched alkanes of at least 4 members (excludes halogenated alkanes) is 19. The van der Waals surface area contributed by atoms with E-state index < -0.39 is 71.9 Å². The summed E-state index contributed by atoms with van der Waals surface area (Å²) in [6, 6.07) is 36.6. The number of piperidine rings is 2. The van der Waals surface area contributed by atoms with Crippen LogP contribution in [-0.2, 0) is 28.8 Å². The third kappa shape index (κ3) is 24.8. The maximum Gasteiger partial charge on any atom is 0.341 e. The summed E-state index contributed by atoms with van der Waals surface area (Å²) in [6.45, 7) is 1.15. The van der Waals surface area contributed by atoms with Crippen LogP contribution >= 0.6 is 0 Å². The van der Waals surface area contributed by atoms with E-state index in [0.29, 0.717) is 69.6 Å². The second-order valence-electron chi connectivity index (χ2n) is 29.9. The summed E-state index contributed by atoms with van der Waals surface area (Å²) < 4.78 is 10.8. The van der Waals surface area contributed by atoms with Crippen LogP contribution in [0.15, 0.2) is 146 Å². The number of anilines is 4. The van der Waals surface area contributed by atoms with Gasteiger partial charge in [0.15, 0.2) is 12.4 Å². The molecule has 30 heteroatoms. The van der Waals surface area contributed by atoms with E-state index in [1.165, 1.54) is 75.3 Å². The quantitative estimate of drug-likeness (QED) is 0.0125. The molecule has 0 radical (unpaired) electrons. The highest BCUT2D eigenvalue weighted by Gasteiger charge is 2.48. The van der Waals surface area contributed by atoms with Crippen molar-refractivity contribution in [2.24, 2.45) is 5.73 Å². The number of amides is 12. The van der Waals surface area contributed by atoms with Crippen LogP contribution in [0.5, 0.6) is 11.5 Å². The Bertz CT molecular complexity index is 5100. The lowest BCUT2D eigenvalue weighted by Gasteiger charge is -2.27. The zero-order valence-corrected chi connectivity index (χ0v) is 68.3. The molecule has 30 nitrogen and oxygen atoms in total. The predicted molar refractivity (Wildman–Crippen MR) is 455 cm³/mol. The number of Topliss-reactive ketones (excluding diaryl/α,β-unsaturated/α-hetero) is 1. The molecular formula is C91H105N13O17. The topological polar surface area (TPSA) is 432 Å². The van der Waals surface area contributed by atoms with Gasteiger partial charge in [-0.25, -0.2) is 4.79 Å². The average molecular weight is 1650 g/mol. The van der Waals surface area contributed by atoms with Gasteiger partial charge in [0, 0.05) is 92.1 Å². The van der Waals surface area contributed by atoms with Crippen LogP contribution < -0.4 is 57.7 Å². The van der Waals surface area contributed by atoms with Gasteiger partial charge in [-0.2, -0.15) is 0 Å². The predicted octanol–water partition coefficient (Wildman–Crippen LogP) is 12.3. The number of carboxylic acids is 1. The number of aliphatic carboxylic acids is 1. The summed E-state index contributed by atoms with van der Waals surface area (Å²) in [7, 11) is 3.16. The zero-order valence-electron chi connectivity index (χ0n) is 68.3. The first-order chi connectivity index (χ1) is 58.7. The molecule has 4 aliphatic heterocycles. The van der Waals surface area contributed by atoms with Crippen molar-refractivity contribution in [2.45, 2.75) is 179 Å². The molecule has 12 amide bonds. The highest BCUT2D eigenvalue weighted by Crippen LogP contribution is 2.37. The standard InChI is InChI=1S/C46H52N6O8.C30H41N5O2.C15H12N2O7/c1-47-43(56)35-28-49-36-23-22-30(27-34(36)41(35)50-31-17-12-11-13-18-31)42(55)48-26-15-10-8-6-4-2-3-5-7-9-14-19-32(53)29-60-38-21-16-20-33-40(38)46(59)52(45(33)58)37-24-25-39(54)51-44(37)57;1-32-30(37)26-22-34-27-18-17-23(21-25(27)28(26)35-24-15-11-10-12-16-24)29(36)33-20-14-9-7-5-3-2-4-6-8-13-19-31;18-10-5-4-8(13(21)16-10)17-14(22)7-2-1-3-9(12(7)15(17)23)24-6-11(19)20/h11-13,16-18,20-23,27-28,37H,2-10,14-15,19,24-26,29H2,1H3,(H,47,56)(H,48,55)(H,49,50)(H,51,54,57);10-12,15-18,21-22H,2-9,13-14,19-20,31H2,1H3,(H,32,37)(H,33,36)(H,34,35);1-3,8H,4-6H2,(H,19,20)(H,16,18,21). The van der Waals surface area contributed by atoms with Crippen molar-refractivity contribution in [2.75, 3.05) is 57.6 Å². The number of ketones is 1. The third-order valence-electron chi connectivity index (χ3n) is 21.2. The van der Waals surface area contributed by atoms with Crippen LogP contribution in [0.25, 0.3) is 21.8 Å². The molecule has 6 aromatic carbocycles. The molecule has 4 aliphatic rings. The van der Waals surface area contributed by atoms with Gasteiger partial charge in [-0.1, -0.05) is 158 Å². The monoisotopic (exact) mass is 1650 g/mol. The van der Waals surface area contributed by atoms with Gasteiger partial charge in [0.05, 0.1) is 55.8 Å². The fourth-order valence-electron chi connectivity index (χ4n) is 14.8. The minimum Gasteiger partial charge on any atom is -0.485 e. The number of fused-ring (bicyclic) bond motifs is 4. The molecule has 0 spiro atoms. The molecule has 8 aromatic rings. The molecule has 6 heterocycles. The number of carboxylic acid groups (broad SMARTS) is 1. The van der Waals surface area contributed by atoms with Gasteiger partial charge in [0.1, 0.15) is 30.2 Å². The molecule has 0 bridgehead atoms. The molecule has 2 atom stereocenters. The number of para-hydroxylation sites is 2. The second-order valence-corrected chi connectivity index (χ2v) is 29.9. The number of hydrogen-bond acceptors (Lipinski definition) is 21. The number of carbonyl (C=O) groups excluding carboxylic acids is 13. The van der Waals surface area contributed by atoms with Crippen molar-refractivity contribution in [3.8, 4) is 11.5 Å². The molecular weight excluding hydrogens is 1550 g/mol. The molecule has 11 N–H and O–H groups in total. The molecule has 0 saturated carbocycles. The van der Waals surface area contributed by atoms with E-state index in [0.717, 1.165) is 123 Å². The highest BCUT2D eigenvalue weighted by molar-refractivity contribution is 6.26. The van der Waals surface area contributed by atoms with E-state index >= 15 is 0 Å². The Morgan fingerprint density at radius 1 is 0.446 bits per heavy atom. The van der Waals surface area contributed by atoms with Gasteiger partial charge in [-0.15, -0.1) is 0 Å². The normalized spacial score (nSPS) is 14.6. The summed E-state index contributed by atoms with van der Waals surface area (Å²) in [5.74, 6) is -7.05. The molecule has 2 fully saturated rings. The molecule has 2 saturated heterocycles. The lowest BCUT2D eigenvalue weighted by atomic mass is 10.0. The number of aromatic nitrogens is 2. The summed E-state index contributed by atoms with van der Waals surface area (Å²) in [5.41, 5.74) is 11.8. The van der Waals surface area contributed by atoms with Gasteiger partial charge < -0.3 is 52.2 Å². The van der Waals surface area contributed by atoms with Crippen molar-refractivity contribution < 1.29 is 81.7 Å². The van der Waals surface area contributed by atoms with Crippen LogP contribution in [0.2, 0.25) is 0 Å². The SMILES string of the molecule is CNC(=O)c1cnc2ccc(C(=O)NCCCCCCCCCCCCCC(=O)COc3cccc4c3C(=O)N(C3CCC(=O)NC3=O)C4=O)cc2c1Nc1ccccc1.CNC(=O)c1cnc2ccc(C(=O)NCCCCCCCCCCCCN)cc2c1Nc1ccccc1.O=C(O)COc1cccc2c1C(=O)N(C1CCC(=O)NC1=O)C2=O. The van der Waals surface area contributed by atoms with Crippen LogP contribution in [0.3, 0.4) is 0 Å². The Labute approximate surface area is 701 Å². The number of pyridine rings is 2. The second kappa shape index (κ2) is 45.7. The Morgan fingerprint density at radius 2 is 0.826 bits per heavy atom. The number of ether oxygens (including phenoxy) is 2. The number of rotatable bonds is 42. The largest absolute Gasteiger partial charge is 0.485 e. The number of benzene rings is 6. The molecule has 2 unspecified atom stereocenters. The Balaban J connectivity index is 0.000000212. The lowest BCUT2D eigenvalue weighted by Crippen LogP contribution is -2.54. The van der Waals surface area contributed by atoms with Crippen molar-refractivity contribution in [1.29, 1.82) is 0 Å². The molecule has 2 aromatic heterocycles. The average Bonchev–Trinajstić information content (AvgIpc) is 1.71. The van der Waals surface area contributed by atoms with Crippen LogP contribution in [0, 0.1) is 0 Å². The number of carbonyl (C=O) groups is 14. The van der Waals surface area contributed by atoms with Gasteiger partial charge in [0.2, 0.25) is 23.6 Å². The van der Waals surface area contributed by atoms with Crippen LogP contribution in [0.4, 0.5) is 22.7 Å². The first-order valence-electron chi connectivity index (χ1n) is 41.6. The number of nitrogens with zero attached hydrogens (tertiary/aromatic N) is 4. The van der Waals surface area contributed by atoms with Gasteiger partial charge in [-0.05, 0) is 130 Å². The van der Waals surface area contributed by atoms with E-state index in [1.807, 2.05) is 72.8 Å². The van der Waals surface area contributed by atoms with Crippen LogP contribution in [-0.4, -0.2) is 167 Å². The highest BCUT2D eigenvalue weighted by atomic mass is 16.5. The van der Waals surface area contributed by atoms with Crippen molar-refractivity contribution in [3.05, 3.63) is 190 Å². The third-order valence-corrected chi connectivity index (χ3v) is 21.2. The Hall–Kier alpha value is -13.1. The lowest BCUT2D eigenvalue weighted by molar-refractivity contribution is -0.139. The summed E-state index contributed by atoms with van der Waals surface area (Å²) >= 11 is 0. The van der Waals surface area contributed by atoms with Crippen LogP contribution in [0.1, 0.15) is 250 Å². The van der Waals surface area contributed by atoms with Crippen molar-refractivity contribution in [3.63, 3.8) is 0 Å². The van der Waals surface area contributed by atoms with E-state index in [-0.39, 0.29) is 95.5 Å². The maximum atomic E-state index is 13.2. The van der Waals surface area contributed by atoms with Gasteiger partial charge in [-0.3, -0.25) is 92.7 Å². The molecule has 0 aliphatic carbocycles. The Kier molecular flexibility index (Phi) is 34.1. The number of nitrogens with two attached hydrogens (primary N) is 1. The van der Waals surface area contributed by atoms with E-state index in [4.69, 9.17) is 20.3 Å². The molecule has 121 heavy (non-hydrogen) atoms.